The summed E-state index contributed by atoms with van der Waals surface area (Å²) in [6, 6.07) is 8.10. The van der Waals surface area contributed by atoms with E-state index in [-0.39, 0.29) is 10.8 Å². The number of hydrogen-bond acceptors (Lipinski definition) is 8. The van der Waals surface area contributed by atoms with Crippen LogP contribution in [-0.4, -0.2) is 78.1 Å². The molecule has 2 aromatic heterocycles. The first-order valence-electron chi connectivity index (χ1n) is 13.0. The molecule has 10 nitrogen and oxygen atoms in total. The van der Waals surface area contributed by atoms with Gasteiger partial charge < -0.3 is 10.1 Å². The number of anilines is 1. The van der Waals surface area contributed by atoms with Crippen LogP contribution in [0.1, 0.15) is 56.4 Å². The van der Waals surface area contributed by atoms with Crippen molar-refractivity contribution in [2.24, 2.45) is 0 Å². The second-order valence-electron chi connectivity index (χ2n) is 10.2. The first-order valence-corrected chi connectivity index (χ1v) is 15.3. The molecule has 0 spiro atoms. The molecule has 1 fully saturated rings. The van der Waals surface area contributed by atoms with Crippen LogP contribution >= 0.6 is 11.3 Å². The summed E-state index contributed by atoms with van der Waals surface area (Å²) in [5.74, 6) is -0.676. The minimum Gasteiger partial charge on any atom is -0.379 e. The molecule has 1 saturated heterocycles. The van der Waals surface area contributed by atoms with Gasteiger partial charge in [-0.3, -0.25) is 14.5 Å². The smallest absolute Gasteiger partial charge is 0.281 e. The molecule has 2 aliphatic rings. The summed E-state index contributed by atoms with van der Waals surface area (Å²) in [6.45, 7) is 10.8. The minimum atomic E-state index is -3.66. The molecule has 1 N–H and O–H groups in total. The van der Waals surface area contributed by atoms with Crippen molar-refractivity contribution >= 4 is 38.2 Å². The number of sulfonamides is 1. The number of hydrogen-bond donors (Lipinski definition) is 1. The molecule has 0 atom stereocenters. The van der Waals surface area contributed by atoms with Gasteiger partial charge in [-0.05, 0) is 70.0 Å². The lowest BCUT2D eigenvalue weighted by molar-refractivity contribution is 0.0730. The second-order valence-corrected chi connectivity index (χ2v) is 13.2. The number of thiophene rings is 1. The third-order valence-corrected chi connectivity index (χ3v) is 10.2. The number of morpholine rings is 1. The van der Waals surface area contributed by atoms with Gasteiger partial charge in [0.15, 0.2) is 0 Å². The molecule has 0 bridgehead atoms. The van der Waals surface area contributed by atoms with E-state index in [0.717, 1.165) is 28.4 Å². The molecule has 4 heterocycles. The highest BCUT2D eigenvalue weighted by Crippen LogP contribution is 2.38. The van der Waals surface area contributed by atoms with E-state index in [9.17, 15) is 18.0 Å². The largest absolute Gasteiger partial charge is 0.379 e. The van der Waals surface area contributed by atoms with Crippen LogP contribution in [0.4, 0.5) is 5.00 Å². The van der Waals surface area contributed by atoms with Gasteiger partial charge in [-0.1, -0.05) is 0 Å². The number of rotatable bonds is 6. The Morgan fingerprint density at radius 2 is 1.77 bits per heavy atom. The maximum Gasteiger partial charge on any atom is 0.281 e. The van der Waals surface area contributed by atoms with E-state index in [4.69, 9.17) is 4.74 Å². The Bertz CT molecular complexity index is 1500. The van der Waals surface area contributed by atoms with Gasteiger partial charge in [-0.15, -0.1) is 11.3 Å². The molecule has 0 radical (unpaired) electrons. The molecule has 0 saturated carbocycles. The van der Waals surface area contributed by atoms with Crippen molar-refractivity contribution < 1.29 is 22.7 Å². The first-order chi connectivity index (χ1) is 18.6. The van der Waals surface area contributed by atoms with Crippen LogP contribution in [0, 0.1) is 13.8 Å². The number of amides is 1. The van der Waals surface area contributed by atoms with Crippen LogP contribution < -0.4 is 5.32 Å². The number of aromatic nitrogens is 2. The summed E-state index contributed by atoms with van der Waals surface area (Å²) in [5.41, 5.74) is 3.21. The molecule has 5 rings (SSSR count). The monoisotopic (exact) mass is 571 g/mol. The number of nitrogens with one attached hydrogen (secondary N) is 1. The van der Waals surface area contributed by atoms with Gasteiger partial charge in [0.2, 0.25) is 10.0 Å². The number of aryl methyl sites for hydroxylation is 2. The molecule has 39 heavy (non-hydrogen) atoms. The van der Waals surface area contributed by atoms with Gasteiger partial charge in [0.1, 0.15) is 5.00 Å². The van der Waals surface area contributed by atoms with Crippen molar-refractivity contribution in [3.05, 3.63) is 63.3 Å². The molecule has 1 amide bonds. The average Bonchev–Trinajstić information content (AvgIpc) is 3.46. The molecule has 208 valence electrons. The fraction of sp³-hybridized carbons (Fsp3) is 0.444. The molecular weight excluding hydrogens is 538 g/mol. The van der Waals surface area contributed by atoms with Crippen molar-refractivity contribution in [3.63, 3.8) is 0 Å². The number of nitrogens with zero attached hydrogens (tertiary/aromatic N) is 4. The van der Waals surface area contributed by atoms with E-state index < -0.39 is 15.9 Å². The molecule has 0 unspecified atom stereocenters. The molecule has 2 aliphatic heterocycles. The summed E-state index contributed by atoms with van der Waals surface area (Å²) in [4.78, 5) is 30.6. The minimum absolute atomic E-state index is 0.127. The van der Waals surface area contributed by atoms with E-state index in [2.05, 4.69) is 29.2 Å². The maximum absolute atomic E-state index is 13.7. The van der Waals surface area contributed by atoms with Crippen LogP contribution in [0.3, 0.4) is 0 Å². The Balaban J connectivity index is 1.44. The lowest BCUT2D eigenvalue weighted by atomic mass is 10.0. The van der Waals surface area contributed by atoms with Gasteiger partial charge in [0.25, 0.3) is 11.8 Å². The van der Waals surface area contributed by atoms with Gasteiger partial charge >= 0.3 is 0 Å². The zero-order valence-corrected chi connectivity index (χ0v) is 24.2. The summed E-state index contributed by atoms with van der Waals surface area (Å²) in [5, 5.41) is 7.82. The third-order valence-electron chi connectivity index (χ3n) is 7.18. The van der Waals surface area contributed by atoms with Crippen molar-refractivity contribution in [1.82, 2.24) is 19.0 Å². The first kappa shape index (κ1) is 27.7. The Kier molecular flexibility index (Phi) is 7.75. The highest BCUT2D eigenvalue weighted by atomic mass is 32.2. The normalized spacial score (nSPS) is 16.8. The van der Waals surface area contributed by atoms with Crippen molar-refractivity contribution in [3.8, 4) is 0 Å². The molecule has 12 heteroatoms. The third kappa shape index (κ3) is 5.44. The fourth-order valence-electron chi connectivity index (χ4n) is 5.01. The number of carbonyl (C=O) groups excluding carboxylic acids is 2. The highest BCUT2D eigenvalue weighted by molar-refractivity contribution is 7.89. The number of fused-ring (bicyclic) bond motifs is 1. The number of benzene rings is 1. The summed E-state index contributed by atoms with van der Waals surface area (Å²) in [6.07, 6.45) is 0.703. The van der Waals surface area contributed by atoms with Crippen molar-refractivity contribution in [2.75, 3.05) is 38.2 Å². The maximum atomic E-state index is 13.7. The van der Waals surface area contributed by atoms with E-state index in [0.29, 0.717) is 61.4 Å². The lowest BCUT2D eigenvalue weighted by Gasteiger charge is -2.30. The molecule has 0 aliphatic carbocycles. The van der Waals surface area contributed by atoms with E-state index in [1.165, 1.54) is 44.6 Å². The van der Waals surface area contributed by atoms with E-state index in [1.54, 1.807) is 0 Å². The molecule has 1 aromatic carbocycles. The predicted molar refractivity (Wildman–Crippen MR) is 149 cm³/mol. The Morgan fingerprint density at radius 1 is 1.08 bits per heavy atom. The summed E-state index contributed by atoms with van der Waals surface area (Å²) in [7, 11) is -3.66. The number of ether oxygens (including phenoxy) is 1. The zero-order valence-electron chi connectivity index (χ0n) is 22.6. The SMILES string of the molecule is Cc1cc(C)n(C(=O)c2c(NC(=O)c3ccc(S(=O)(=O)N4CCOCC4)cc3)sc3c2CCN(C(C)C)C3)n1. The Morgan fingerprint density at radius 3 is 2.38 bits per heavy atom. The topological polar surface area (TPSA) is 114 Å². The second kappa shape index (κ2) is 10.9. The zero-order chi connectivity index (χ0) is 27.9. The van der Waals surface area contributed by atoms with Crippen LogP contribution in [0.15, 0.2) is 35.2 Å². The van der Waals surface area contributed by atoms with Crippen LogP contribution in [0.2, 0.25) is 0 Å². The van der Waals surface area contributed by atoms with Crippen molar-refractivity contribution in [2.45, 2.75) is 51.6 Å². The Hall–Kier alpha value is -2.90. The lowest BCUT2D eigenvalue weighted by Crippen LogP contribution is -2.40. The summed E-state index contributed by atoms with van der Waals surface area (Å²) >= 11 is 1.42. The van der Waals surface area contributed by atoms with Gasteiger partial charge in [-0.2, -0.15) is 9.40 Å². The highest BCUT2D eigenvalue weighted by Gasteiger charge is 2.31. The predicted octanol–water partition coefficient (Wildman–Crippen LogP) is 3.29. The van der Waals surface area contributed by atoms with Gasteiger partial charge in [-0.25, -0.2) is 13.1 Å². The molecule has 3 aromatic rings. The number of carbonyl (C=O) groups is 2. The van der Waals surface area contributed by atoms with Gasteiger partial charge in [0, 0.05) is 48.4 Å². The quantitative estimate of drug-likeness (QED) is 0.483. The van der Waals surface area contributed by atoms with E-state index >= 15 is 0 Å². The Labute approximate surface area is 232 Å². The fourth-order valence-corrected chi connectivity index (χ4v) is 7.68. The van der Waals surface area contributed by atoms with Crippen LogP contribution in [0.25, 0.3) is 0 Å². The van der Waals surface area contributed by atoms with Crippen LogP contribution in [-0.2, 0) is 27.7 Å². The standard InChI is InChI=1S/C27H33N5O5S2/c1-17(2)30-10-9-22-23(16-30)38-26(24(22)27(34)32-19(4)15-18(3)29-32)28-25(33)20-5-7-21(8-6-20)39(35,36)31-11-13-37-14-12-31/h5-8,15,17H,9-14,16H2,1-4H3,(H,28,33). The van der Waals surface area contributed by atoms with Gasteiger partial charge in [0.05, 0.1) is 29.4 Å². The van der Waals surface area contributed by atoms with E-state index in [1.807, 2.05) is 19.9 Å². The van der Waals surface area contributed by atoms with Crippen LogP contribution in [0.5, 0.6) is 0 Å². The average molecular weight is 572 g/mol. The molecular formula is C27H33N5O5S2. The van der Waals surface area contributed by atoms with Crippen molar-refractivity contribution in [1.29, 1.82) is 0 Å². The summed E-state index contributed by atoms with van der Waals surface area (Å²) < 4.78 is 33.9.